The summed E-state index contributed by atoms with van der Waals surface area (Å²) in [6.07, 6.45) is 0. The molecule has 0 bridgehead atoms. The summed E-state index contributed by atoms with van der Waals surface area (Å²) >= 11 is 6.12. The van der Waals surface area contributed by atoms with Gasteiger partial charge in [0.15, 0.2) is 5.43 Å². The van der Waals surface area contributed by atoms with Gasteiger partial charge in [0.1, 0.15) is 5.58 Å². The van der Waals surface area contributed by atoms with Crippen LogP contribution >= 0.6 is 11.6 Å². The topological polar surface area (TPSA) is 53.8 Å². The molecule has 0 saturated carbocycles. The minimum absolute atomic E-state index is 0.131. The number of fused-ring (bicyclic) bond motifs is 2. The first-order valence-corrected chi connectivity index (χ1v) is 10.5. The number of amides is 1. The lowest BCUT2D eigenvalue weighted by atomic mass is 9.95. The summed E-state index contributed by atoms with van der Waals surface area (Å²) < 4.78 is 5.94. The summed E-state index contributed by atoms with van der Waals surface area (Å²) in [5.41, 5.74) is 2.68. The van der Waals surface area contributed by atoms with Crippen LogP contribution < -0.4 is 5.43 Å². The normalized spacial score (nSPS) is 16.2. The maximum absolute atomic E-state index is 13.5. The molecule has 1 aromatic heterocycles. The van der Waals surface area contributed by atoms with Crippen LogP contribution in [0.25, 0.3) is 11.0 Å². The third-order valence-electron chi connectivity index (χ3n) is 5.63. The Morgan fingerprint density at radius 3 is 2.43 bits per heavy atom. The molecule has 30 heavy (non-hydrogen) atoms. The van der Waals surface area contributed by atoms with Crippen LogP contribution in [0.2, 0.25) is 5.02 Å². The standard InChI is InChI=1S/C24H25ClN2O3/c1-14(2)15-5-7-16(8-6-15)21-20-22(28)18-13-17(25)9-10-19(18)30-23(20)24(29)27(21)12-11-26(3)4/h5-10,13-14,21H,11-12H2,1-4H3/t21-/m0/s1. The molecule has 0 fully saturated rings. The summed E-state index contributed by atoms with van der Waals surface area (Å²) in [6, 6.07) is 12.6. The van der Waals surface area contributed by atoms with Crippen LogP contribution in [0.4, 0.5) is 0 Å². The number of carbonyl (C=O) groups is 1. The monoisotopic (exact) mass is 424 g/mol. The Morgan fingerprint density at radius 2 is 1.80 bits per heavy atom. The Labute approximate surface area is 180 Å². The van der Waals surface area contributed by atoms with E-state index in [4.69, 9.17) is 16.0 Å². The smallest absolute Gasteiger partial charge is 0.290 e. The Kier molecular flexibility index (Phi) is 5.43. The molecule has 3 aromatic rings. The fourth-order valence-corrected chi connectivity index (χ4v) is 4.11. The lowest BCUT2D eigenvalue weighted by Crippen LogP contribution is -2.35. The summed E-state index contributed by atoms with van der Waals surface area (Å²) in [6.45, 7) is 5.44. The molecule has 1 aliphatic rings. The molecule has 5 nitrogen and oxygen atoms in total. The third kappa shape index (κ3) is 3.53. The van der Waals surface area contributed by atoms with Crippen molar-refractivity contribution in [3.63, 3.8) is 0 Å². The zero-order chi connectivity index (χ0) is 21.6. The van der Waals surface area contributed by atoms with Crippen molar-refractivity contribution < 1.29 is 9.21 Å². The predicted molar refractivity (Wildman–Crippen MR) is 119 cm³/mol. The molecule has 0 unspecified atom stereocenters. The van der Waals surface area contributed by atoms with Gasteiger partial charge in [-0.2, -0.15) is 0 Å². The van der Waals surface area contributed by atoms with E-state index in [1.165, 1.54) is 5.56 Å². The number of likely N-dealkylation sites (N-methyl/N-ethyl adjacent to an activating group) is 1. The average molecular weight is 425 g/mol. The van der Waals surface area contributed by atoms with Crippen molar-refractivity contribution in [1.82, 2.24) is 9.80 Å². The number of rotatable bonds is 5. The Morgan fingerprint density at radius 1 is 1.10 bits per heavy atom. The van der Waals surface area contributed by atoms with E-state index in [1.807, 2.05) is 31.1 Å². The first-order valence-electron chi connectivity index (χ1n) is 10.1. The Hall–Kier alpha value is -2.63. The fourth-order valence-electron chi connectivity index (χ4n) is 3.94. The highest BCUT2D eigenvalue weighted by atomic mass is 35.5. The van der Waals surface area contributed by atoms with E-state index in [-0.39, 0.29) is 17.1 Å². The van der Waals surface area contributed by atoms with Crippen LogP contribution in [0.3, 0.4) is 0 Å². The van der Waals surface area contributed by atoms with E-state index in [0.29, 0.717) is 40.6 Å². The maximum Gasteiger partial charge on any atom is 0.290 e. The average Bonchev–Trinajstić information content (AvgIpc) is 2.99. The fraction of sp³-hybridized carbons (Fsp3) is 0.333. The van der Waals surface area contributed by atoms with Crippen LogP contribution in [0.1, 0.15) is 53.1 Å². The minimum Gasteiger partial charge on any atom is -0.450 e. The second-order valence-corrected chi connectivity index (χ2v) is 8.78. The SMILES string of the molecule is CC(C)c1ccc([C@H]2c3c(oc4ccc(Cl)cc4c3=O)C(=O)N2CCN(C)C)cc1. The van der Waals surface area contributed by atoms with Crippen LogP contribution in [0, 0.1) is 0 Å². The number of benzene rings is 2. The number of hydrogen-bond donors (Lipinski definition) is 0. The van der Waals surface area contributed by atoms with Gasteiger partial charge >= 0.3 is 0 Å². The van der Waals surface area contributed by atoms with Crippen molar-refractivity contribution in [3.8, 4) is 0 Å². The second-order valence-electron chi connectivity index (χ2n) is 8.34. The molecule has 0 radical (unpaired) electrons. The maximum atomic E-state index is 13.5. The number of carbonyl (C=O) groups excluding carboxylic acids is 1. The largest absolute Gasteiger partial charge is 0.450 e. The van der Waals surface area contributed by atoms with Crippen molar-refractivity contribution in [2.75, 3.05) is 27.2 Å². The van der Waals surface area contributed by atoms with Gasteiger partial charge in [-0.3, -0.25) is 9.59 Å². The summed E-state index contributed by atoms with van der Waals surface area (Å²) in [5, 5.41) is 0.855. The van der Waals surface area contributed by atoms with E-state index >= 15 is 0 Å². The van der Waals surface area contributed by atoms with E-state index < -0.39 is 6.04 Å². The second kappa shape index (κ2) is 7.89. The molecule has 156 valence electrons. The zero-order valence-electron chi connectivity index (χ0n) is 17.6. The first-order chi connectivity index (χ1) is 14.3. The molecule has 1 amide bonds. The molecule has 1 aliphatic heterocycles. The lowest BCUT2D eigenvalue weighted by Gasteiger charge is -2.26. The van der Waals surface area contributed by atoms with Crippen LogP contribution in [0.5, 0.6) is 0 Å². The number of halogens is 1. The quantitative estimate of drug-likeness (QED) is 0.597. The van der Waals surface area contributed by atoms with Gasteiger partial charge in [0.05, 0.1) is 17.0 Å². The highest BCUT2D eigenvalue weighted by molar-refractivity contribution is 6.31. The van der Waals surface area contributed by atoms with Gasteiger partial charge in [0, 0.05) is 18.1 Å². The Bertz CT molecular complexity index is 1170. The first kappa shape index (κ1) is 20.6. The predicted octanol–water partition coefficient (Wildman–Crippen LogP) is 4.68. The lowest BCUT2D eigenvalue weighted by molar-refractivity contribution is 0.0716. The van der Waals surface area contributed by atoms with Crippen LogP contribution in [-0.4, -0.2) is 42.9 Å². The van der Waals surface area contributed by atoms with Gasteiger partial charge in [-0.1, -0.05) is 49.7 Å². The van der Waals surface area contributed by atoms with Crippen molar-refractivity contribution >= 4 is 28.5 Å². The molecule has 1 atom stereocenters. The molecule has 2 aromatic carbocycles. The molecule has 4 rings (SSSR count). The molecule has 0 N–H and O–H groups in total. The van der Waals surface area contributed by atoms with E-state index in [0.717, 1.165) is 5.56 Å². The summed E-state index contributed by atoms with van der Waals surface area (Å²) in [4.78, 5) is 30.5. The molecule has 0 aliphatic carbocycles. The zero-order valence-corrected chi connectivity index (χ0v) is 18.4. The highest BCUT2D eigenvalue weighted by Crippen LogP contribution is 2.38. The van der Waals surface area contributed by atoms with Gasteiger partial charge in [-0.25, -0.2) is 0 Å². The van der Waals surface area contributed by atoms with Crippen molar-refractivity contribution in [2.45, 2.75) is 25.8 Å². The molecule has 0 saturated heterocycles. The molecular weight excluding hydrogens is 400 g/mol. The van der Waals surface area contributed by atoms with Gasteiger partial charge in [-0.15, -0.1) is 0 Å². The van der Waals surface area contributed by atoms with Gasteiger partial charge < -0.3 is 14.2 Å². The van der Waals surface area contributed by atoms with Crippen LogP contribution in [-0.2, 0) is 0 Å². The van der Waals surface area contributed by atoms with Crippen LogP contribution in [0.15, 0.2) is 51.7 Å². The van der Waals surface area contributed by atoms with Crippen molar-refractivity contribution in [1.29, 1.82) is 0 Å². The minimum atomic E-state index is -0.478. The third-order valence-corrected chi connectivity index (χ3v) is 5.87. The number of hydrogen-bond acceptors (Lipinski definition) is 4. The van der Waals surface area contributed by atoms with Gasteiger partial charge in [-0.05, 0) is 49.3 Å². The number of nitrogens with zero attached hydrogens (tertiary/aromatic N) is 2. The highest BCUT2D eigenvalue weighted by Gasteiger charge is 2.42. The van der Waals surface area contributed by atoms with Crippen molar-refractivity contribution in [3.05, 3.63) is 80.2 Å². The molecule has 0 spiro atoms. The van der Waals surface area contributed by atoms with E-state index in [2.05, 4.69) is 26.0 Å². The van der Waals surface area contributed by atoms with Crippen molar-refractivity contribution in [2.24, 2.45) is 0 Å². The van der Waals surface area contributed by atoms with E-state index in [9.17, 15) is 9.59 Å². The summed E-state index contributed by atoms with van der Waals surface area (Å²) in [7, 11) is 3.92. The van der Waals surface area contributed by atoms with Gasteiger partial charge in [0.25, 0.3) is 5.91 Å². The molecule has 2 heterocycles. The molecular formula is C24H25ClN2O3. The van der Waals surface area contributed by atoms with E-state index in [1.54, 1.807) is 23.1 Å². The summed E-state index contributed by atoms with van der Waals surface area (Å²) in [5.74, 6) is 0.280. The Balaban J connectivity index is 1.91. The van der Waals surface area contributed by atoms with Gasteiger partial charge in [0.2, 0.25) is 5.76 Å². The molecule has 6 heteroatoms.